The van der Waals surface area contributed by atoms with Crippen molar-refractivity contribution < 1.29 is 19.1 Å². The molecule has 1 aromatic carbocycles. The van der Waals surface area contributed by atoms with Crippen molar-refractivity contribution in [2.24, 2.45) is 0 Å². The molecule has 0 bridgehead atoms. The SMILES string of the molecule is COC1=C(OC)C(=O)c2cc(Br)ccc2C1=O. The van der Waals surface area contributed by atoms with Crippen LogP contribution in [0.3, 0.4) is 0 Å². The quantitative estimate of drug-likeness (QED) is 0.840. The lowest BCUT2D eigenvalue weighted by molar-refractivity contribution is 0.0829. The van der Waals surface area contributed by atoms with Gasteiger partial charge in [0.2, 0.25) is 23.1 Å². The molecule has 5 heteroatoms. The summed E-state index contributed by atoms with van der Waals surface area (Å²) in [6.07, 6.45) is 0. The lowest BCUT2D eigenvalue weighted by Gasteiger charge is -2.18. The molecular formula is C12H9BrO4. The first-order valence-electron chi connectivity index (χ1n) is 4.81. The zero-order valence-electron chi connectivity index (χ0n) is 9.24. The largest absolute Gasteiger partial charge is 0.489 e. The first-order valence-corrected chi connectivity index (χ1v) is 5.60. The summed E-state index contributed by atoms with van der Waals surface area (Å²) in [5.41, 5.74) is 0.651. The fourth-order valence-electron chi connectivity index (χ4n) is 1.72. The van der Waals surface area contributed by atoms with Crippen LogP contribution < -0.4 is 0 Å². The van der Waals surface area contributed by atoms with Gasteiger partial charge in [0.25, 0.3) is 0 Å². The van der Waals surface area contributed by atoms with Gasteiger partial charge in [0.15, 0.2) is 0 Å². The summed E-state index contributed by atoms with van der Waals surface area (Å²) < 4.78 is 10.6. The Hall–Kier alpha value is -1.62. The van der Waals surface area contributed by atoms with Crippen LogP contribution in [0.5, 0.6) is 0 Å². The smallest absolute Gasteiger partial charge is 0.232 e. The van der Waals surface area contributed by atoms with Gasteiger partial charge in [0.1, 0.15) is 0 Å². The van der Waals surface area contributed by atoms with Crippen LogP contribution in [0.1, 0.15) is 20.7 Å². The van der Waals surface area contributed by atoms with E-state index in [1.807, 2.05) is 0 Å². The summed E-state index contributed by atoms with van der Waals surface area (Å²) in [7, 11) is 2.67. The Morgan fingerprint density at radius 3 is 2.00 bits per heavy atom. The van der Waals surface area contributed by atoms with Crippen LogP contribution in [0.15, 0.2) is 34.2 Å². The second-order valence-electron chi connectivity index (χ2n) is 3.41. The van der Waals surface area contributed by atoms with Crippen molar-refractivity contribution in [2.75, 3.05) is 14.2 Å². The van der Waals surface area contributed by atoms with E-state index in [4.69, 9.17) is 9.47 Å². The van der Waals surface area contributed by atoms with Gasteiger partial charge in [0.05, 0.1) is 14.2 Å². The molecule has 4 nitrogen and oxygen atoms in total. The number of Topliss-reactive ketones (excluding diaryl/α,β-unsaturated/α-hetero) is 2. The Balaban J connectivity index is 2.68. The normalized spacial score (nSPS) is 14.8. The number of carbonyl (C=O) groups excluding carboxylic acids is 2. The van der Waals surface area contributed by atoms with Crippen LogP contribution in [0.25, 0.3) is 0 Å². The highest BCUT2D eigenvalue weighted by Crippen LogP contribution is 2.29. The van der Waals surface area contributed by atoms with Crippen molar-refractivity contribution >= 4 is 27.5 Å². The van der Waals surface area contributed by atoms with Crippen LogP contribution in [0.2, 0.25) is 0 Å². The minimum Gasteiger partial charge on any atom is -0.489 e. The van der Waals surface area contributed by atoms with Gasteiger partial charge < -0.3 is 9.47 Å². The average molecular weight is 297 g/mol. The summed E-state index contributed by atoms with van der Waals surface area (Å²) in [6, 6.07) is 4.89. The Labute approximate surface area is 106 Å². The summed E-state index contributed by atoms with van der Waals surface area (Å²) in [4.78, 5) is 24.1. The topological polar surface area (TPSA) is 52.6 Å². The number of ether oxygens (including phenoxy) is 2. The summed E-state index contributed by atoms with van der Waals surface area (Å²) in [5.74, 6) is -0.790. The van der Waals surface area contributed by atoms with E-state index in [0.29, 0.717) is 11.1 Å². The van der Waals surface area contributed by atoms with Crippen LogP contribution in [0.4, 0.5) is 0 Å². The van der Waals surface area contributed by atoms with E-state index in [1.54, 1.807) is 18.2 Å². The highest BCUT2D eigenvalue weighted by molar-refractivity contribution is 9.10. The first kappa shape index (κ1) is 11.9. The number of fused-ring (bicyclic) bond motifs is 1. The maximum atomic E-state index is 12.1. The van der Waals surface area contributed by atoms with E-state index in [-0.39, 0.29) is 23.1 Å². The number of hydrogen-bond donors (Lipinski definition) is 0. The highest BCUT2D eigenvalue weighted by Gasteiger charge is 2.34. The van der Waals surface area contributed by atoms with Gasteiger partial charge in [-0.15, -0.1) is 0 Å². The molecule has 0 saturated carbocycles. The van der Waals surface area contributed by atoms with Crippen molar-refractivity contribution in [2.45, 2.75) is 0 Å². The van der Waals surface area contributed by atoms with Crippen LogP contribution >= 0.6 is 15.9 Å². The zero-order chi connectivity index (χ0) is 12.6. The highest BCUT2D eigenvalue weighted by atomic mass is 79.9. The molecule has 1 aromatic rings. The first-order chi connectivity index (χ1) is 8.10. The number of methoxy groups -OCH3 is 2. The van der Waals surface area contributed by atoms with Gasteiger partial charge in [-0.3, -0.25) is 9.59 Å². The predicted molar refractivity (Wildman–Crippen MR) is 63.8 cm³/mol. The average Bonchev–Trinajstić information content (AvgIpc) is 2.33. The molecule has 0 aromatic heterocycles. The number of carbonyl (C=O) groups is 2. The number of rotatable bonds is 2. The lowest BCUT2D eigenvalue weighted by atomic mass is 9.92. The van der Waals surface area contributed by atoms with Gasteiger partial charge in [-0.25, -0.2) is 0 Å². The summed E-state index contributed by atoms with van der Waals surface area (Å²) >= 11 is 3.26. The van der Waals surface area contributed by atoms with Crippen LogP contribution in [0, 0.1) is 0 Å². The number of ketones is 2. The van der Waals surface area contributed by atoms with Crippen molar-refractivity contribution in [1.82, 2.24) is 0 Å². The maximum absolute atomic E-state index is 12.1. The fraction of sp³-hybridized carbons (Fsp3) is 0.167. The van der Waals surface area contributed by atoms with E-state index >= 15 is 0 Å². The van der Waals surface area contributed by atoms with Gasteiger partial charge in [-0.05, 0) is 18.2 Å². The Morgan fingerprint density at radius 2 is 1.47 bits per heavy atom. The lowest BCUT2D eigenvalue weighted by Crippen LogP contribution is -2.24. The molecule has 17 heavy (non-hydrogen) atoms. The Morgan fingerprint density at radius 1 is 0.941 bits per heavy atom. The van der Waals surface area contributed by atoms with E-state index < -0.39 is 0 Å². The second kappa shape index (κ2) is 4.33. The van der Waals surface area contributed by atoms with E-state index in [1.165, 1.54) is 14.2 Å². The number of halogens is 1. The fourth-order valence-corrected chi connectivity index (χ4v) is 2.09. The Kier molecular flexibility index (Phi) is 3.02. The van der Waals surface area contributed by atoms with Crippen LogP contribution in [-0.4, -0.2) is 25.8 Å². The van der Waals surface area contributed by atoms with Gasteiger partial charge in [-0.2, -0.15) is 0 Å². The molecule has 0 saturated heterocycles. The summed E-state index contributed by atoms with van der Waals surface area (Å²) in [6.45, 7) is 0. The molecule has 0 spiro atoms. The molecule has 2 rings (SSSR count). The number of allylic oxidation sites excluding steroid dienone is 2. The zero-order valence-corrected chi connectivity index (χ0v) is 10.8. The van der Waals surface area contributed by atoms with E-state index in [9.17, 15) is 9.59 Å². The van der Waals surface area contributed by atoms with Crippen molar-refractivity contribution in [3.8, 4) is 0 Å². The molecule has 1 aliphatic rings. The predicted octanol–water partition coefficient (Wildman–Crippen LogP) is 2.33. The Bertz CT molecular complexity index is 545. The molecule has 0 aliphatic heterocycles. The third-order valence-corrected chi connectivity index (χ3v) is 2.99. The maximum Gasteiger partial charge on any atom is 0.232 e. The second-order valence-corrected chi connectivity index (χ2v) is 4.33. The molecule has 0 unspecified atom stereocenters. The molecule has 0 amide bonds. The third-order valence-electron chi connectivity index (χ3n) is 2.50. The third kappa shape index (κ3) is 1.76. The van der Waals surface area contributed by atoms with Gasteiger partial charge in [0, 0.05) is 15.6 Å². The molecule has 0 radical (unpaired) electrons. The summed E-state index contributed by atoms with van der Waals surface area (Å²) in [5, 5.41) is 0. The standard InChI is InChI=1S/C12H9BrO4/c1-16-11-9(14)7-4-3-6(13)5-8(7)10(15)12(11)17-2/h3-5H,1-2H3. The van der Waals surface area contributed by atoms with Crippen molar-refractivity contribution in [3.63, 3.8) is 0 Å². The minimum absolute atomic E-state index is 0.0488. The van der Waals surface area contributed by atoms with Crippen LogP contribution in [-0.2, 0) is 9.47 Å². The van der Waals surface area contributed by atoms with E-state index in [2.05, 4.69) is 15.9 Å². The number of hydrogen-bond acceptors (Lipinski definition) is 4. The number of benzene rings is 1. The molecular weight excluding hydrogens is 288 g/mol. The molecule has 0 fully saturated rings. The minimum atomic E-state index is -0.347. The molecule has 88 valence electrons. The molecule has 0 atom stereocenters. The van der Waals surface area contributed by atoms with E-state index in [0.717, 1.165) is 4.47 Å². The van der Waals surface area contributed by atoms with Crippen molar-refractivity contribution in [3.05, 3.63) is 45.3 Å². The molecule has 0 N–H and O–H groups in total. The monoisotopic (exact) mass is 296 g/mol. The molecule has 0 heterocycles. The van der Waals surface area contributed by atoms with Gasteiger partial charge >= 0.3 is 0 Å². The van der Waals surface area contributed by atoms with Crippen molar-refractivity contribution in [1.29, 1.82) is 0 Å². The van der Waals surface area contributed by atoms with Gasteiger partial charge in [-0.1, -0.05) is 15.9 Å². The molecule has 1 aliphatic carbocycles.